The Kier molecular flexibility index (Phi) is 6.13. The molecule has 150 valence electrons. The van der Waals surface area contributed by atoms with Crippen molar-refractivity contribution in [3.8, 4) is 11.5 Å². The Bertz CT molecular complexity index is 767. The average molecular weight is 384 g/mol. The molecular formula is C23H29FN2O2. The number of nitrogens with zero attached hydrogens (tertiary/aromatic N) is 2. The second-order valence-corrected chi connectivity index (χ2v) is 7.94. The summed E-state index contributed by atoms with van der Waals surface area (Å²) in [7, 11) is 1.67. The Balaban J connectivity index is 1.31. The molecule has 3 fully saturated rings. The van der Waals surface area contributed by atoms with E-state index >= 15 is 0 Å². The lowest BCUT2D eigenvalue weighted by Crippen LogP contribution is -2.45. The van der Waals surface area contributed by atoms with Gasteiger partial charge >= 0.3 is 0 Å². The molecule has 0 spiro atoms. The van der Waals surface area contributed by atoms with Crippen molar-refractivity contribution in [1.29, 1.82) is 0 Å². The lowest BCUT2D eigenvalue weighted by Gasteiger charge is -2.36. The lowest BCUT2D eigenvalue weighted by molar-refractivity contribution is 0.109. The van der Waals surface area contributed by atoms with E-state index in [9.17, 15) is 4.39 Å². The fourth-order valence-electron chi connectivity index (χ4n) is 4.50. The zero-order chi connectivity index (χ0) is 19.3. The molecule has 4 nitrogen and oxygen atoms in total. The molecule has 0 saturated carbocycles. The molecule has 0 unspecified atom stereocenters. The minimum atomic E-state index is -0.165. The van der Waals surface area contributed by atoms with Gasteiger partial charge in [-0.1, -0.05) is 18.2 Å². The summed E-state index contributed by atoms with van der Waals surface area (Å²) in [5.41, 5.74) is 1.19. The third-order valence-electron chi connectivity index (χ3n) is 5.91. The zero-order valence-corrected chi connectivity index (χ0v) is 16.5. The zero-order valence-electron chi connectivity index (χ0n) is 16.5. The molecule has 3 aliphatic heterocycles. The predicted octanol–water partition coefficient (Wildman–Crippen LogP) is 3.81. The summed E-state index contributed by atoms with van der Waals surface area (Å²) >= 11 is 0. The van der Waals surface area contributed by atoms with Crippen LogP contribution in [0.3, 0.4) is 0 Å². The van der Waals surface area contributed by atoms with Gasteiger partial charge in [-0.25, -0.2) is 4.39 Å². The van der Waals surface area contributed by atoms with Crippen molar-refractivity contribution >= 4 is 0 Å². The first-order valence-electron chi connectivity index (χ1n) is 10.2. The fourth-order valence-corrected chi connectivity index (χ4v) is 4.50. The molecule has 2 aromatic rings. The predicted molar refractivity (Wildman–Crippen MR) is 108 cm³/mol. The molecule has 2 bridgehead atoms. The van der Waals surface area contributed by atoms with Crippen LogP contribution < -0.4 is 9.47 Å². The van der Waals surface area contributed by atoms with Crippen LogP contribution in [0.2, 0.25) is 0 Å². The Hall–Kier alpha value is -2.11. The minimum Gasteiger partial charge on any atom is -0.497 e. The van der Waals surface area contributed by atoms with Crippen molar-refractivity contribution in [3.63, 3.8) is 0 Å². The Morgan fingerprint density at radius 1 is 1.00 bits per heavy atom. The molecule has 28 heavy (non-hydrogen) atoms. The summed E-state index contributed by atoms with van der Waals surface area (Å²) in [5, 5.41) is 0. The van der Waals surface area contributed by atoms with Gasteiger partial charge in [-0.05, 0) is 48.6 Å². The van der Waals surface area contributed by atoms with Crippen LogP contribution in [0.1, 0.15) is 18.4 Å². The monoisotopic (exact) mass is 384 g/mol. The van der Waals surface area contributed by atoms with Gasteiger partial charge in [-0.3, -0.25) is 9.80 Å². The van der Waals surface area contributed by atoms with E-state index in [1.165, 1.54) is 18.4 Å². The van der Waals surface area contributed by atoms with Crippen molar-refractivity contribution < 1.29 is 13.9 Å². The molecule has 0 radical (unpaired) electrons. The highest BCUT2D eigenvalue weighted by Gasteiger charge is 2.34. The number of halogens is 1. The maximum atomic E-state index is 13.2. The van der Waals surface area contributed by atoms with Gasteiger partial charge in [-0.2, -0.15) is 0 Å². The van der Waals surface area contributed by atoms with E-state index in [0.717, 1.165) is 44.2 Å². The number of piperidine rings is 1. The largest absolute Gasteiger partial charge is 0.497 e. The molecule has 5 heteroatoms. The highest BCUT2D eigenvalue weighted by Crippen LogP contribution is 2.29. The maximum Gasteiger partial charge on any atom is 0.123 e. The standard InChI is InChI=1S/C23H29FN2O2/c1-27-22-3-2-4-23(13-22)28-12-11-26-16-19-7-10-21(26)17-25(15-19)14-18-5-8-20(24)9-6-18/h2-6,8-9,13,19,21H,7,10-12,14-17H2,1H3/t19-,21+/m0/s1. The Morgan fingerprint density at radius 2 is 1.82 bits per heavy atom. The summed E-state index contributed by atoms with van der Waals surface area (Å²) in [6.07, 6.45) is 2.56. The number of ether oxygens (including phenoxy) is 2. The number of benzene rings is 2. The van der Waals surface area contributed by atoms with E-state index in [1.54, 1.807) is 19.2 Å². The molecular weight excluding hydrogens is 355 g/mol. The van der Waals surface area contributed by atoms with Crippen molar-refractivity contribution in [2.45, 2.75) is 25.4 Å². The molecule has 3 aliphatic rings. The molecule has 3 saturated heterocycles. The van der Waals surface area contributed by atoms with Crippen LogP contribution in [0, 0.1) is 11.7 Å². The van der Waals surface area contributed by atoms with Gasteiger partial charge < -0.3 is 9.47 Å². The van der Waals surface area contributed by atoms with Gasteiger partial charge in [0.2, 0.25) is 0 Å². The third kappa shape index (κ3) is 4.83. The molecule has 2 atom stereocenters. The van der Waals surface area contributed by atoms with Gasteiger partial charge in [0.05, 0.1) is 7.11 Å². The number of fused-ring (bicyclic) bond motifs is 4. The highest BCUT2D eigenvalue weighted by atomic mass is 19.1. The van der Waals surface area contributed by atoms with E-state index in [1.807, 2.05) is 36.4 Å². The van der Waals surface area contributed by atoms with E-state index in [0.29, 0.717) is 18.6 Å². The average Bonchev–Trinajstić information content (AvgIpc) is 3.00. The van der Waals surface area contributed by atoms with Crippen molar-refractivity contribution in [2.75, 3.05) is 39.9 Å². The van der Waals surface area contributed by atoms with E-state index in [2.05, 4.69) is 9.80 Å². The quantitative estimate of drug-likeness (QED) is 0.725. The summed E-state index contributed by atoms with van der Waals surface area (Å²) in [6, 6.07) is 15.3. The van der Waals surface area contributed by atoms with Crippen molar-refractivity contribution in [3.05, 3.63) is 59.9 Å². The second kappa shape index (κ2) is 8.93. The molecule has 0 N–H and O–H groups in total. The molecule has 5 rings (SSSR count). The topological polar surface area (TPSA) is 24.9 Å². The Morgan fingerprint density at radius 3 is 2.64 bits per heavy atom. The van der Waals surface area contributed by atoms with Crippen LogP contribution in [0.5, 0.6) is 11.5 Å². The van der Waals surface area contributed by atoms with Crippen molar-refractivity contribution in [1.82, 2.24) is 9.80 Å². The highest BCUT2D eigenvalue weighted by molar-refractivity contribution is 5.32. The summed E-state index contributed by atoms with van der Waals surface area (Å²) in [6.45, 7) is 5.89. The van der Waals surface area contributed by atoms with Crippen LogP contribution in [-0.4, -0.2) is 55.7 Å². The fraction of sp³-hybridized carbons (Fsp3) is 0.478. The van der Waals surface area contributed by atoms with Gasteiger partial charge in [0.1, 0.15) is 23.9 Å². The summed E-state index contributed by atoms with van der Waals surface area (Å²) < 4.78 is 24.4. The van der Waals surface area contributed by atoms with Gasteiger partial charge in [0.25, 0.3) is 0 Å². The van der Waals surface area contributed by atoms with Crippen LogP contribution >= 0.6 is 0 Å². The number of hydrogen-bond donors (Lipinski definition) is 0. The maximum absolute atomic E-state index is 13.2. The summed E-state index contributed by atoms with van der Waals surface area (Å²) in [4.78, 5) is 5.14. The molecule has 0 aromatic heterocycles. The van der Waals surface area contributed by atoms with Crippen molar-refractivity contribution in [2.24, 2.45) is 5.92 Å². The SMILES string of the molecule is COc1cccc(OCCN2C[C@H]3CC[C@@H]2CN(Cc2ccc(F)cc2)C3)c1. The number of hydrogen-bond acceptors (Lipinski definition) is 4. The smallest absolute Gasteiger partial charge is 0.123 e. The van der Waals surface area contributed by atoms with E-state index < -0.39 is 0 Å². The summed E-state index contributed by atoms with van der Waals surface area (Å²) in [5.74, 6) is 2.22. The number of methoxy groups -OCH3 is 1. The molecule has 3 heterocycles. The first-order chi connectivity index (χ1) is 13.7. The van der Waals surface area contributed by atoms with Gasteiger partial charge in [-0.15, -0.1) is 0 Å². The van der Waals surface area contributed by atoms with Crippen LogP contribution in [0.15, 0.2) is 48.5 Å². The lowest BCUT2D eigenvalue weighted by atomic mass is 9.95. The second-order valence-electron chi connectivity index (χ2n) is 7.94. The van der Waals surface area contributed by atoms with Gasteiger partial charge in [0, 0.05) is 44.8 Å². The minimum absolute atomic E-state index is 0.165. The normalized spacial score (nSPS) is 22.8. The molecule has 2 aromatic carbocycles. The van der Waals surface area contributed by atoms with Crippen LogP contribution in [0.4, 0.5) is 4.39 Å². The first kappa shape index (κ1) is 19.2. The number of rotatable bonds is 7. The van der Waals surface area contributed by atoms with E-state index in [-0.39, 0.29) is 5.82 Å². The van der Waals surface area contributed by atoms with E-state index in [4.69, 9.17) is 9.47 Å². The van der Waals surface area contributed by atoms with Crippen LogP contribution in [-0.2, 0) is 6.54 Å². The third-order valence-corrected chi connectivity index (χ3v) is 5.91. The van der Waals surface area contributed by atoms with Gasteiger partial charge in [0.15, 0.2) is 0 Å². The molecule has 0 amide bonds. The molecule has 0 aliphatic carbocycles. The van der Waals surface area contributed by atoms with Crippen LogP contribution in [0.25, 0.3) is 0 Å². The Labute approximate surface area is 166 Å². The first-order valence-corrected chi connectivity index (χ1v) is 10.2.